The van der Waals surface area contributed by atoms with Crippen LogP contribution in [0.4, 0.5) is 0 Å². The Hall–Kier alpha value is -4.18. The highest BCUT2D eigenvalue weighted by atomic mass is 16.3. The summed E-state index contributed by atoms with van der Waals surface area (Å²) in [5.74, 6) is 0.233. The van der Waals surface area contributed by atoms with Crippen LogP contribution in [0.15, 0.2) is 67.0 Å². The third-order valence-electron chi connectivity index (χ3n) is 4.95. The van der Waals surface area contributed by atoms with Crippen LogP contribution in [-0.4, -0.2) is 25.5 Å². The van der Waals surface area contributed by atoms with Crippen molar-refractivity contribution >= 4 is 16.9 Å². The van der Waals surface area contributed by atoms with Gasteiger partial charge in [0.1, 0.15) is 11.6 Å². The zero-order chi connectivity index (χ0) is 21.1. The van der Waals surface area contributed by atoms with Crippen molar-refractivity contribution in [2.45, 2.75) is 19.5 Å². The van der Waals surface area contributed by atoms with Crippen molar-refractivity contribution in [2.75, 3.05) is 0 Å². The van der Waals surface area contributed by atoms with E-state index in [9.17, 15) is 15.2 Å². The van der Waals surface area contributed by atoms with Crippen molar-refractivity contribution in [3.63, 3.8) is 0 Å². The van der Waals surface area contributed by atoms with Crippen LogP contribution in [0.1, 0.15) is 40.3 Å². The Kier molecular flexibility index (Phi) is 5.14. The summed E-state index contributed by atoms with van der Waals surface area (Å²) in [4.78, 5) is 21.0. The maximum atomic E-state index is 12.5. The molecule has 0 aliphatic rings. The van der Waals surface area contributed by atoms with Crippen LogP contribution in [0.5, 0.6) is 5.75 Å². The summed E-state index contributed by atoms with van der Waals surface area (Å²) in [5, 5.41) is 21.7. The zero-order valence-corrected chi connectivity index (χ0v) is 16.3. The van der Waals surface area contributed by atoms with E-state index in [2.05, 4.69) is 23.3 Å². The van der Waals surface area contributed by atoms with Crippen molar-refractivity contribution in [3.05, 3.63) is 89.5 Å². The number of carbonyl (C=O) groups excluding carboxylic acids is 1. The van der Waals surface area contributed by atoms with Gasteiger partial charge in [-0.2, -0.15) is 5.26 Å². The van der Waals surface area contributed by atoms with E-state index >= 15 is 0 Å². The molecule has 0 bridgehead atoms. The minimum atomic E-state index is -0.359. The first-order chi connectivity index (χ1) is 14.6. The fraction of sp³-hybridized carbons (Fsp3) is 0.130. The molecule has 0 spiro atoms. The lowest BCUT2D eigenvalue weighted by atomic mass is 10.1. The van der Waals surface area contributed by atoms with Crippen molar-refractivity contribution in [1.82, 2.24) is 19.9 Å². The number of hydrogen-bond acceptors (Lipinski definition) is 5. The molecular weight excluding hydrogens is 378 g/mol. The van der Waals surface area contributed by atoms with Crippen molar-refractivity contribution in [2.24, 2.45) is 0 Å². The molecule has 2 aromatic heterocycles. The molecule has 2 heterocycles. The van der Waals surface area contributed by atoms with Crippen LogP contribution in [0, 0.1) is 11.3 Å². The number of carbonyl (C=O) groups is 1. The predicted octanol–water partition coefficient (Wildman–Crippen LogP) is 3.55. The van der Waals surface area contributed by atoms with E-state index in [1.54, 1.807) is 6.07 Å². The number of rotatable bonds is 5. The summed E-state index contributed by atoms with van der Waals surface area (Å²) < 4.78 is 2.03. The van der Waals surface area contributed by atoms with Gasteiger partial charge in [0, 0.05) is 6.20 Å². The van der Waals surface area contributed by atoms with Crippen molar-refractivity contribution in [3.8, 4) is 11.8 Å². The highest BCUT2D eigenvalue weighted by Crippen LogP contribution is 2.27. The Balaban J connectivity index is 1.71. The number of aromatic hydroxyl groups is 1. The minimum Gasteiger partial charge on any atom is -0.506 e. The van der Waals surface area contributed by atoms with E-state index in [1.165, 1.54) is 18.5 Å². The normalized spacial score (nSPS) is 11.7. The molecule has 148 valence electrons. The molecule has 0 aliphatic carbocycles. The molecule has 0 fully saturated rings. The fourth-order valence-electron chi connectivity index (χ4n) is 3.46. The zero-order valence-electron chi connectivity index (χ0n) is 16.3. The van der Waals surface area contributed by atoms with Gasteiger partial charge < -0.3 is 15.0 Å². The molecule has 0 aliphatic heterocycles. The van der Waals surface area contributed by atoms with E-state index in [4.69, 9.17) is 4.98 Å². The Labute approximate surface area is 173 Å². The Morgan fingerprint density at radius 1 is 1.20 bits per heavy atom. The van der Waals surface area contributed by atoms with Gasteiger partial charge in [0.15, 0.2) is 0 Å². The lowest BCUT2D eigenvalue weighted by Gasteiger charge is -2.18. The molecule has 0 saturated carbocycles. The second-order valence-electron chi connectivity index (χ2n) is 6.91. The van der Waals surface area contributed by atoms with Crippen LogP contribution in [-0.2, 0) is 6.54 Å². The van der Waals surface area contributed by atoms with Crippen LogP contribution >= 0.6 is 0 Å². The summed E-state index contributed by atoms with van der Waals surface area (Å²) in [6, 6.07) is 18.8. The number of aromatic nitrogens is 3. The minimum absolute atomic E-state index is 0.0560. The molecule has 1 amide bonds. The first kappa shape index (κ1) is 19.2. The number of amides is 1. The molecule has 4 rings (SSSR count). The number of fused-ring (bicyclic) bond motifs is 1. The molecular formula is C23H19N5O2. The summed E-state index contributed by atoms with van der Waals surface area (Å²) in [6.07, 6.45) is 2.66. The third-order valence-corrected chi connectivity index (χ3v) is 4.95. The van der Waals surface area contributed by atoms with Gasteiger partial charge in [0.25, 0.3) is 5.91 Å². The van der Waals surface area contributed by atoms with Gasteiger partial charge in [-0.3, -0.25) is 9.78 Å². The Morgan fingerprint density at radius 3 is 2.73 bits per heavy atom. The van der Waals surface area contributed by atoms with Crippen molar-refractivity contribution < 1.29 is 9.90 Å². The molecule has 2 aromatic carbocycles. The first-order valence-corrected chi connectivity index (χ1v) is 9.45. The maximum absolute atomic E-state index is 12.5. The average molecular weight is 397 g/mol. The number of nitrogens with one attached hydrogen (secondary N) is 1. The van der Waals surface area contributed by atoms with E-state index in [0.717, 1.165) is 16.6 Å². The molecule has 30 heavy (non-hydrogen) atoms. The van der Waals surface area contributed by atoms with Crippen LogP contribution < -0.4 is 5.32 Å². The highest BCUT2D eigenvalue weighted by molar-refractivity contribution is 5.94. The van der Waals surface area contributed by atoms with E-state index in [-0.39, 0.29) is 29.8 Å². The van der Waals surface area contributed by atoms with Gasteiger partial charge in [0.05, 0.1) is 47.0 Å². The second kappa shape index (κ2) is 8.05. The number of nitrogens with zero attached hydrogens (tertiary/aromatic N) is 4. The molecule has 0 saturated heterocycles. The fourth-order valence-corrected chi connectivity index (χ4v) is 3.46. The molecule has 7 nitrogen and oxygen atoms in total. The van der Waals surface area contributed by atoms with E-state index in [0.29, 0.717) is 11.4 Å². The van der Waals surface area contributed by atoms with Crippen LogP contribution in [0.2, 0.25) is 0 Å². The van der Waals surface area contributed by atoms with Gasteiger partial charge in [0.2, 0.25) is 0 Å². The van der Waals surface area contributed by atoms with Gasteiger partial charge in [-0.1, -0.05) is 30.3 Å². The summed E-state index contributed by atoms with van der Waals surface area (Å²) in [7, 11) is 0. The van der Waals surface area contributed by atoms with E-state index in [1.807, 2.05) is 47.0 Å². The average Bonchev–Trinajstić information content (AvgIpc) is 3.14. The first-order valence-electron chi connectivity index (χ1n) is 9.45. The summed E-state index contributed by atoms with van der Waals surface area (Å²) in [6.45, 7) is 2.24. The Morgan fingerprint density at radius 2 is 2.00 bits per heavy atom. The number of imidazole rings is 1. The molecule has 0 unspecified atom stereocenters. The third kappa shape index (κ3) is 3.71. The van der Waals surface area contributed by atoms with Gasteiger partial charge in [-0.25, -0.2) is 4.98 Å². The lowest BCUT2D eigenvalue weighted by Crippen LogP contribution is -2.25. The monoisotopic (exact) mass is 397 g/mol. The highest BCUT2D eigenvalue weighted by Gasteiger charge is 2.18. The SMILES string of the molecule is C[C@@H](c1ccccc1)n1c(CNC(=O)c2cncc(O)c2)nc2ccc(C#N)cc21. The van der Waals surface area contributed by atoms with Gasteiger partial charge >= 0.3 is 0 Å². The number of benzene rings is 2. The lowest BCUT2D eigenvalue weighted by molar-refractivity contribution is 0.0948. The number of nitriles is 1. The second-order valence-corrected chi connectivity index (χ2v) is 6.91. The predicted molar refractivity (Wildman–Crippen MR) is 112 cm³/mol. The van der Waals surface area contributed by atoms with E-state index < -0.39 is 0 Å². The standard InChI is InChI=1S/C23H19N5O2/c1-15(17-5-3-2-4-6-17)28-21-9-16(11-24)7-8-20(21)27-22(28)14-26-23(30)18-10-19(29)13-25-12-18/h2-10,12-13,15,29H,14H2,1H3,(H,26,30)/t15-/m0/s1. The summed E-state index contributed by atoms with van der Waals surface area (Å²) in [5.41, 5.74) is 3.48. The quantitative estimate of drug-likeness (QED) is 0.536. The summed E-state index contributed by atoms with van der Waals surface area (Å²) >= 11 is 0. The molecule has 4 aromatic rings. The number of pyridine rings is 1. The molecule has 0 radical (unpaired) electrons. The largest absolute Gasteiger partial charge is 0.506 e. The van der Waals surface area contributed by atoms with Gasteiger partial charge in [-0.05, 0) is 36.8 Å². The Bertz CT molecular complexity index is 1260. The number of hydrogen-bond donors (Lipinski definition) is 2. The van der Waals surface area contributed by atoms with Crippen molar-refractivity contribution in [1.29, 1.82) is 5.26 Å². The van der Waals surface area contributed by atoms with Crippen LogP contribution in [0.3, 0.4) is 0 Å². The molecule has 2 N–H and O–H groups in total. The molecule has 7 heteroatoms. The maximum Gasteiger partial charge on any atom is 0.253 e. The molecule has 1 atom stereocenters. The smallest absolute Gasteiger partial charge is 0.253 e. The topological polar surface area (TPSA) is 104 Å². The van der Waals surface area contributed by atoms with Gasteiger partial charge in [-0.15, -0.1) is 0 Å². The van der Waals surface area contributed by atoms with Crippen LogP contribution in [0.25, 0.3) is 11.0 Å².